The molecule has 0 saturated heterocycles. The first kappa shape index (κ1) is 25.9. The average Bonchev–Trinajstić information content (AvgIpc) is 3.24. The van der Waals surface area contributed by atoms with Crippen molar-refractivity contribution in [1.82, 2.24) is 8.87 Å². The predicted molar refractivity (Wildman–Crippen MR) is 138 cm³/mol. The molecule has 4 rings (SSSR count). The minimum atomic E-state index is -3.76. The van der Waals surface area contributed by atoms with Crippen molar-refractivity contribution in [3.8, 4) is 0 Å². The maximum atomic E-state index is 14.5. The quantitative estimate of drug-likeness (QED) is 0.322. The number of benzene rings is 3. The molecule has 0 N–H and O–H groups in total. The summed E-state index contributed by atoms with van der Waals surface area (Å²) in [4.78, 5) is 17.6. The number of carbonyl (C=O) groups excluding carboxylic acids is 1. The number of nitrogens with zero attached hydrogens (tertiary/aromatic N) is 3. The van der Waals surface area contributed by atoms with Crippen LogP contribution >= 0.6 is 11.3 Å². The standard InChI is InChI=1S/C26H26FN3O4S2/c1-3-29(18-19-8-5-4-6-9-19)36(32,33)21-14-12-20(13-15-21)25(31)28-26-30(16-17-34-2)24-22(27)10-7-11-23(24)35-26/h4-15H,3,16-18H2,1-2H3. The Balaban J connectivity index is 1.62. The van der Waals surface area contributed by atoms with Gasteiger partial charge in [0.1, 0.15) is 5.82 Å². The van der Waals surface area contributed by atoms with Crippen LogP contribution in [0.15, 0.2) is 82.7 Å². The highest BCUT2D eigenvalue weighted by Gasteiger charge is 2.23. The second-order valence-corrected chi connectivity index (χ2v) is 10.9. The van der Waals surface area contributed by atoms with Gasteiger partial charge in [-0.05, 0) is 42.0 Å². The lowest BCUT2D eigenvalue weighted by Crippen LogP contribution is -2.30. The molecule has 0 spiro atoms. The van der Waals surface area contributed by atoms with Gasteiger partial charge in [0.15, 0.2) is 4.80 Å². The highest BCUT2D eigenvalue weighted by Crippen LogP contribution is 2.21. The lowest BCUT2D eigenvalue weighted by atomic mass is 10.2. The van der Waals surface area contributed by atoms with Crippen molar-refractivity contribution in [2.24, 2.45) is 4.99 Å². The van der Waals surface area contributed by atoms with Gasteiger partial charge in [-0.25, -0.2) is 12.8 Å². The highest BCUT2D eigenvalue weighted by molar-refractivity contribution is 7.89. The van der Waals surface area contributed by atoms with Crippen LogP contribution < -0.4 is 4.80 Å². The van der Waals surface area contributed by atoms with Crippen LogP contribution in [0.3, 0.4) is 0 Å². The zero-order valence-electron chi connectivity index (χ0n) is 19.9. The van der Waals surface area contributed by atoms with E-state index in [1.54, 1.807) is 30.7 Å². The molecule has 36 heavy (non-hydrogen) atoms. The molecule has 3 aromatic carbocycles. The Bertz CT molecular complexity index is 1530. The van der Waals surface area contributed by atoms with Crippen LogP contribution in [-0.4, -0.2) is 43.5 Å². The molecule has 1 aromatic heterocycles. The zero-order chi connectivity index (χ0) is 25.7. The third-order valence-corrected chi connectivity index (χ3v) is 8.64. The fraction of sp³-hybridized carbons (Fsp3) is 0.231. The molecule has 0 fully saturated rings. The lowest BCUT2D eigenvalue weighted by molar-refractivity contribution is 0.0997. The van der Waals surface area contributed by atoms with E-state index in [-0.39, 0.29) is 17.0 Å². The largest absolute Gasteiger partial charge is 0.383 e. The zero-order valence-corrected chi connectivity index (χ0v) is 21.6. The van der Waals surface area contributed by atoms with Gasteiger partial charge in [0.05, 0.1) is 21.7 Å². The van der Waals surface area contributed by atoms with E-state index in [0.29, 0.717) is 34.7 Å². The molecule has 0 unspecified atom stereocenters. The lowest BCUT2D eigenvalue weighted by Gasteiger charge is -2.20. The SMILES string of the molecule is CCN(Cc1ccccc1)S(=O)(=O)c1ccc(C(=O)N=c2sc3cccc(F)c3n2CCOC)cc1. The topological polar surface area (TPSA) is 81.0 Å². The van der Waals surface area contributed by atoms with Gasteiger partial charge in [-0.15, -0.1) is 0 Å². The first-order valence-electron chi connectivity index (χ1n) is 11.3. The monoisotopic (exact) mass is 527 g/mol. The maximum Gasteiger partial charge on any atom is 0.279 e. The number of rotatable bonds is 9. The van der Waals surface area contributed by atoms with E-state index < -0.39 is 21.7 Å². The van der Waals surface area contributed by atoms with Crippen molar-refractivity contribution >= 4 is 37.5 Å². The Morgan fingerprint density at radius 2 is 1.78 bits per heavy atom. The molecular formula is C26H26FN3O4S2. The molecule has 0 aliphatic rings. The van der Waals surface area contributed by atoms with E-state index in [0.717, 1.165) is 5.56 Å². The van der Waals surface area contributed by atoms with Gasteiger partial charge in [-0.2, -0.15) is 9.30 Å². The smallest absolute Gasteiger partial charge is 0.279 e. The summed E-state index contributed by atoms with van der Waals surface area (Å²) < 4.78 is 49.7. The van der Waals surface area contributed by atoms with Crippen LogP contribution in [-0.2, 0) is 27.8 Å². The van der Waals surface area contributed by atoms with E-state index >= 15 is 0 Å². The summed E-state index contributed by atoms with van der Waals surface area (Å²) in [5, 5.41) is 0. The number of ether oxygens (including phenoxy) is 1. The number of sulfonamides is 1. The average molecular weight is 528 g/mol. The van der Waals surface area contributed by atoms with Crippen LogP contribution in [0, 0.1) is 5.82 Å². The summed E-state index contributed by atoms with van der Waals surface area (Å²) in [6.45, 7) is 2.99. The normalized spacial score (nSPS) is 12.5. The number of carbonyl (C=O) groups is 1. The molecule has 7 nitrogen and oxygen atoms in total. The van der Waals surface area contributed by atoms with Crippen molar-refractivity contribution in [3.63, 3.8) is 0 Å². The molecule has 0 aliphatic carbocycles. The van der Waals surface area contributed by atoms with E-state index in [9.17, 15) is 17.6 Å². The molecule has 10 heteroatoms. The van der Waals surface area contributed by atoms with Crippen LogP contribution in [0.1, 0.15) is 22.8 Å². The summed E-state index contributed by atoms with van der Waals surface area (Å²) in [5.41, 5.74) is 1.48. The van der Waals surface area contributed by atoms with Gasteiger partial charge >= 0.3 is 0 Å². The van der Waals surface area contributed by atoms with Gasteiger partial charge < -0.3 is 9.30 Å². The Kier molecular flexibility index (Phi) is 8.10. The molecular weight excluding hydrogens is 501 g/mol. The summed E-state index contributed by atoms with van der Waals surface area (Å²) in [6.07, 6.45) is 0. The number of hydrogen-bond acceptors (Lipinski definition) is 5. The fourth-order valence-corrected chi connectivity index (χ4v) is 6.29. The number of aromatic nitrogens is 1. The minimum Gasteiger partial charge on any atom is -0.383 e. The van der Waals surface area contributed by atoms with E-state index in [1.807, 2.05) is 30.3 Å². The third-order valence-electron chi connectivity index (χ3n) is 5.66. The van der Waals surface area contributed by atoms with Crippen molar-refractivity contribution in [2.45, 2.75) is 24.9 Å². The third kappa shape index (κ3) is 5.46. The maximum absolute atomic E-state index is 14.5. The number of thiazole rings is 1. The second-order valence-electron chi connectivity index (χ2n) is 7.97. The fourth-order valence-electron chi connectivity index (χ4n) is 3.79. The van der Waals surface area contributed by atoms with E-state index in [2.05, 4.69) is 4.99 Å². The number of amides is 1. The molecule has 1 amide bonds. The van der Waals surface area contributed by atoms with Gasteiger partial charge in [-0.1, -0.05) is 54.7 Å². The van der Waals surface area contributed by atoms with Gasteiger partial charge in [0, 0.05) is 32.3 Å². The molecule has 0 bridgehead atoms. The van der Waals surface area contributed by atoms with Gasteiger partial charge in [-0.3, -0.25) is 4.79 Å². The number of hydrogen-bond donors (Lipinski definition) is 0. The molecule has 0 aliphatic heterocycles. The highest BCUT2D eigenvalue weighted by atomic mass is 32.2. The van der Waals surface area contributed by atoms with Crippen molar-refractivity contribution < 1.29 is 22.3 Å². The first-order chi connectivity index (χ1) is 17.3. The summed E-state index contributed by atoms with van der Waals surface area (Å²) in [6, 6.07) is 19.8. The van der Waals surface area contributed by atoms with Crippen LogP contribution in [0.4, 0.5) is 4.39 Å². The van der Waals surface area contributed by atoms with Crippen molar-refractivity contribution in [3.05, 3.63) is 94.5 Å². The Hall–Kier alpha value is -3.18. The second kappa shape index (κ2) is 11.3. The number of methoxy groups -OCH3 is 1. The Morgan fingerprint density at radius 3 is 2.44 bits per heavy atom. The van der Waals surface area contributed by atoms with Crippen LogP contribution in [0.5, 0.6) is 0 Å². The van der Waals surface area contributed by atoms with E-state index in [4.69, 9.17) is 4.74 Å². The Labute approximate surface area is 213 Å². The van der Waals surface area contributed by atoms with Gasteiger partial charge in [0.2, 0.25) is 10.0 Å². The molecule has 188 valence electrons. The van der Waals surface area contributed by atoms with E-state index in [1.165, 1.54) is 46.0 Å². The summed E-state index contributed by atoms with van der Waals surface area (Å²) in [7, 11) is -2.21. The van der Waals surface area contributed by atoms with Crippen molar-refractivity contribution in [1.29, 1.82) is 0 Å². The number of fused-ring (bicyclic) bond motifs is 1. The number of halogens is 1. The summed E-state index contributed by atoms with van der Waals surface area (Å²) >= 11 is 1.20. The van der Waals surface area contributed by atoms with Crippen molar-refractivity contribution in [2.75, 3.05) is 20.3 Å². The summed E-state index contributed by atoms with van der Waals surface area (Å²) in [5.74, 6) is -0.951. The Morgan fingerprint density at radius 1 is 1.06 bits per heavy atom. The molecule has 0 saturated carbocycles. The first-order valence-corrected chi connectivity index (χ1v) is 13.6. The molecule has 0 radical (unpaired) electrons. The molecule has 1 heterocycles. The minimum absolute atomic E-state index is 0.0934. The van der Waals surface area contributed by atoms with Crippen LogP contribution in [0.2, 0.25) is 0 Å². The predicted octanol–water partition coefficient (Wildman–Crippen LogP) is 4.44. The van der Waals surface area contributed by atoms with Crippen LogP contribution in [0.25, 0.3) is 10.2 Å². The molecule has 4 aromatic rings. The number of para-hydroxylation sites is 1. The molecule has 0 atom stereocenters. The van der Waals surface area contributed by atoms with Gasteiger partial charge in [0.25, 0.3) is 5.91 Å².